The van der Waals surface area contributed by atoms with E-state index >= 15 is 0 Å². The molecule has 2 saturated heterocycles. The van der Waals surface area contributed by atoms with Gasteiger partial charge in [0.2, 0.25) is 5.91 Å². The van der Waals surface area contributed by atoms with E-state index in [0.29, 0.717) is 18.8 Å². The minimum absolute atomic E-state index is 0.0349. The molecule has 1 aromatic carbocycles. The minimum Gasteiger partial charge on any atom is -0.484 e. The summed E-state index contributed by atoms with van der Waals surface area (Å²) in [5.41, 5.74) is 1.07. The van der Waals surface area contributed by atoms with Crippen molar-refractivity contribution in [2.24, 2.45) is 0 Å². The zero-order valence-electron chi connectivity index (χ0n) is 12.2. The maximum atomic E-state index is 12.0. The van der Waals surface area contributed by atoms with Gasteiger partial charge < -0.3 is 9.64 Å². The first kappa shape index (κ1) is 14.9. The van der Waals surface area contributed by atoms with Gasteiger partial charge in [-0.05, 0) is 24.6 Å². The van der Waals surface area contributed by atoms with Gasteiger partial charge in [-0.1, -0.05) is 23.9 Å². The fourth-order valence-corrected chi connectivity index (χ4v) is 3.26. The maximum Gasteiger partial charge on any atom is 0.289 e. The van der Waals surface area contributed by atoms with Crippen LogP contribution in [0.25, 0.3) is 0 Å². The number of aryl methyl sites for hydroxylation is 1. The van der Waals surface area contributed by atoms with E-state index in [2.05, 4.69) is 0 Å². The first-order valence-corrected chi connectivity index (χ1v) is 7.99. The number of ether oxygens (including phenoxy) is 1. The molecule has 0 atom stereocenters. The van der Waals surface area contributed by atoms with Crippen molar-refractivity contribution in [1.82, 2.24) is 9.80 Å². The van der Waals surface area contributed by atoms with Crippen LogP contribution in [0.2, 0.25) is 0 Å². The number of carbonyl (C=O) groups excluding carboxylic acids is 3. The lowest BCUT2D eigenvalue weighted by Gasteiger charge is -2.42. The van der Waals surface area contributed by atoms with Gasteiger partial charge in [0.15, 0.2) is 6.61 Å². The van der Waals surface area contributed by atoms with Crippen molar-refractivity contribution in [1.29, 1.82) is 0 Å². The summed E-state index contributed by atoms with van der Waals surface area (Å²) >= 11 is 1.02. The van der Waals surface area contributed by atoms with Crippen molar-refractivity contribution < 1.29 is 19.1 Å². The molecule has 0 bridgehead atoms. The van der Waals surface area contributed by atoms with Crippen LogP contribution >= 0.6 is 11.8 Å². The Morgan fingerprint density at radius 2 is 2.14 bits per heavy atom. The fourth-order valence-electron chi connectivity index (χ4n) is 2.48. The van der Waals surface area contributed by atoms with Gasteiger partial charge in [0.25, 0.3) is 11.1 Å². The van der Waals surface area contributed by atoms with E-state index in [4.69, 9.17) is 4.74 Å². The highest BCUT2D eigenvalue weighted by Crippen LogP contribution is 2.26. The van der Waals surface area contributed by atoms with Crippen LogP contribution in [-0.2, 0) is 9.59 Å². The first-order valence-electron chi connectivity index (χ1n) is 7.00. The number of imide groups is 1. The van der Waals surface area contributed by atoms with Crippen LogP contribution in [0.4, 0.5) is 4.79 Å². The molecule has 3 rings (SSSR count). The average molecular weight is 320 g/mol. The molecule has 0 aromatic heterocycles. The van der Waals surface area contributed by atoms with Crippen molar-refractivity contribution in [3.8, 4) is 5.75 Å². The molecule has 22 heavy (non-hydrogen) atoms. The van der Waals surface area contributed by atoms with Gasteiger partial charge in [0.05, 0.1) is 11.8 Å². The largest absolute Gasteiger partial charge is 0.484 e. The Morgan fingerprint density at radius 1 is 1.36 bits per heavy atom. The molecule has 1 aromatic rings. The van der Waals surface area contributed by atoms with Crippen LogP contribution in [0.1, 0.15) is 5.56 Å². The van der Waals surface area contributed by atoms with Crippen molar-refractivity contribution in [3.05, 3.63) is 29.8 Å². The van der Waals surface area contributed by atoms with E-state index in [1.807, 2.05) is 25.1 Å². The third kappa shape index (κ3) is 2.94. The number of rotatable bonds is 4. The standard InChI is InChI=1S/C15H16N2O4S/c1-10-3-2-4-12(5-10)21-8-13(18)16-6-11(7-16)17-14(19)9-22-15(17)20/h2-5,11H,6-9H2,1H3. The molecule has 0 N–H and O–H groups in total. The van der Waals surface area contributed by atoms with Gasteiger partial charge in [0.1, 0.15) is 5.75 Å². The Labute approximate surface area is 132 Å². The highest BCUT2D eigenvalue weighted by Gasteiger charge is 2.43. The van der Waals surface area contributed by atoms with Crippen LogP contribution in [0, 0.1) is 6.92 Å². The third-order valence-electron chi connectivity index (χ3n) is 3.72. The van der Waals surface area contributed by atoms with E-state index in [0.717, 1.165) is 17.3 Å². The number of nitrogens with zero attached hydrogens (tertiary/aromatic N) is 2. The molecule has 3 amide bonds. The van der Waals surface area contributed by atoms with Gasteiger partial charge in [-0.15, -0.1) is 0 Å². The molecule has 2 aliphatic rings. The Morgan fingerprint density at radius 3 is 2.77 bits per heavy atom. The van der Waals surface area contributed by atoms with Gasteiger partial charge in [-0.25, -0.2) is 0 Å². The number of hydrogen-bond acceptors (Lipinski definition) is 5. The van der Waals surface area contributed by atoms with Gasteiger partial charge in [-0.3, -0.25) is 19.3 Å². The Balaban J connectivity index is 1.47. The summed E-state index contributed by atoms with van der Waals surface area (Å²) in [5, 5.41) is -0.210. The molecule has 6 nitrogen and oxygen atoms in total. The predicted octanol–water partition coefficient (Wildman–Crippen LogP) is 1.28. The van der Waals surface area contributed by atoms with Crippen LogP contribution in [0.3, 0.4) is 0 Å². The van der Waals surface area contributed by atoms with Crippen molar-refractivity contribution in [3.63, 3.8) is 0 Å². The van der Waals surface area contributed by atoms with Crippen LogP contribution in [0.15, 0.2) is 24.3 Å². The summed E-state index contributed by atoms with van der Waals surface area (Å²) < 4.78 is 5.47. The summed E-state index contributed by atoms with van der Waals surface area (Å²) in [4.78, 5) is 38.1. The zero-order valence-corrected chi connectivity index (χ0v) is 13.0. The summed E-state index contributed by atoms with van der Waals surface area (Å²) in [6.45, 7) is 2.71. The number of likely N-dealkylation sites (tertiary alicyclic amines) is 1. The summed E-state index contributed by atoms with van der Waals surface area (Å²) in [5.74, 6) is 0.569. The van der Waals surface area contributed by atoms with Gasteiger partial charge in [0, 0.05) is 13.1 Å². The number of benzene rings is 1. The SMILES string of the molecule is Cc1cccc(OCC(=O)N2CC(N3C(=O)CSC3=O)C2)c1. The van der Waals surface area contributed by atoms with Crippen LogP contribution in [-0.4, -0.2) is 58.3 Å². The molecule has 7 heteroatoms. The quantitative estimate of drug-likeness (QED) is 0.836. The highest BCUT2D eigenvalue weighted by atomic mass is 32.2. The van der Waals surface area contributed by atoms with E-state index in [1.165, 1.54) is 4.90 Å². The number of hydrogen-bond donors (Lipinski definition) is 0. The lowest BCUT2D eigenvalue weighted by molar-refractivity contribution is -0.143. The Hall–Kier alpha value is -2.02. The normalized spacial score (nSPS) is 18.6. The highest BCUT2D eigenvalue weighted by molar-refractivity contribution is 8.14. The molecule has 0 spiro atoms. The molecule has 0 aliphatic carbocycles. The topological polar surface area (TPSA) is 66.9 Å². The number of carbonyl (C=O) groups is 3. The second-order valence-electron chi connectivity index (χ2n) is 5.38. The molecule has 0 saturated carbocycles. The van der Waals surface area contributed by atoms with Crippen LogP contribution in [0.5, 0.6) is 5.75 Å². The zero-order chi connectivity index (χ0) is 15.7. The Bertz CT molecular complexity index is 612. The number of amides is 3. The third-order valence-corrected chi connectivity index (χ3v) is 4.55. The van der Waals surface area contributed by atoms with Gasteiger partial charge in [-0.2, -0.15) is 0 Å². The monoisotopic (exact) mass is 320 g/mol. The predicted molar refractivity (Wildman–Crippen MR) is 81.7 cm³/mol. The van der Waals surface area contributed by atoms with E-state index in [-0.39, 0.29) is 35.5 Å². The smallest absolute Gasteiger partial charge is 0.289 e. The Kier molecular flexibility index (Phi) is 4.06. The first-order chi connectivity index (χ1) is 10.5. The van der Waals surface area contributed by atoms with Crippen LogP contribution < -0.4 is 4.74 Å². The van der Waals surface area contributed by atoms with Crippen molar-refractivity contribution >= 4 is 28.8 Å². The van der Waals surface area contributed by atoms with Gasteiger partial charge >= 0.3 is 0 Å². The fraction of sp³-hybridized carbons (Fsp3) is 0.400. The molecule has 2 heterocycles. The average Bonchev–Trinajstić information content (AvgIpc) is 2.76. The maximum absolute atomic E-state index is 12.0. The molecular formula is C15H16N2O4S. The molecule has 116 valence electrons. The molecule has 2 fully saturated rings. The second kappa shape index (κ2) is 6.00. The molecular weight excluding hydrogens is 304 g/mol. The summed E-state index contributed by atoms with van der Waals surface area (Å²) in [7, 11) is 0. The molecule has 2 aliphatic heterocycles. The molecule has 0 unspecified atom stereocenters. The van der Waals surface area contributed by atoms with E-state index < -0.39 is 0 Å². The lowest BCUT2D eigenvalue weighted by Crippen LogP contribution is -2.62. The molecule has 0 radical (unpaired) electrons. The van der Waals surface area contributed by atoms with Crippen molar-refractivity contribution in [2.75, 3.05) is 25.4 Å². The summed E-state index contributed by atoms with van der Waals surface area (Å²) in [6, 6.07) is 7.31. The van der Waals surface area contributed by atoms with E-state index in [9.17, 15) is 14.4 Å². The lowest BCUT2D eigenvalue weighted by atomic mass is 10.1. The van der Waals surface area contributed by atoms with Crippen molar-refractivity contribution in [2.45, 2.75) is 13.0 Å². The number of thioether (sulfide) groups is 1. The summed E-state index contributed by atoms with van der Waals surface area (Å²) in [6.07, 6.45) is 0. The second-order valence-corrected chi connectivity index (χ2v) is 6.30. The minimum atomic E-state index is -0.210. The van der Waals surface area contributed by atoms with E-state index in [1.54, 1.807) is 11.0 Å².